The number of anilines is 1. The van der Waals surface area contributed by atoms with E-state index in [-0.39, 0.29) is 12.0 Å². The van der Waals surface area contributed by atoms with E-state index in [4.69, 9.17) is 11.6 Å². The summed E-state index contributed by atoms with van der Waals surface area (Å²) >= 11 is 5.94. The van der Waals surface area contributed by atoms with Gasteiger partial charge in [0.2, 0.25) is 5.91 Å². The summed E-state index contributed by atoms with van der Waals surface area (Å²) in [5, 5.41) is 12.5. The molecule has 0 aliphatic rings. The minimum Gasteiger partial charge on any atom is -0.392 e. The standard InChI is InChI=1S/C13H19ClN2O2/c1-10(17)9-16(2)8-7-13(18)15-12-6-4-3-5-11(12)14/h3-6,10,17H,7-9H2,1-2H3,(H,15,18). The zero-order valence-corrected chi connectivity index (χ0v) is 11.4. The number of likely N-dealkylation sites (N-methyl/N-ethyl adjacent to an activating group) is 1. The topological polar surface area (TPSA) is 52.6 Å². The molecule has 2 N–H and O–H groups in total. The molecule has 0 bridgehead atoms. The lowest BCUT2D eigenvalue weighted by Gasteiger charge is -2.17. The van der Waals surface area contributed by atoms with Gasteiger partial charge in [-0.1, -0.05) is 23.7 Å². The number of carbonyl (C=O) groups is 1. The third-order valence-electron chi connectivity index (χ3n) is 2.44. The van der Waals surface area contributed by atoms with E-state index in [1.54, 1.807) is 19.1 Å². The number of carbonyl (C=O) groups excluding carboxylic acids is 1. The van der Waals surface area contributed by atoms with Crippen molar-refractivity contribution in [1.82, 2.24) is 4.90 Å². The number of aliphatic hydroxyl groups excluding tert-OH is 1. The van der Waals surface area contributed by atoms with Crippen molar-refractivity contribution in [3.05, 3.63) is 29.3 Å². The van der Waals surface area contributed by atoms with E-state index in [9.17, 15) is 9.90 Å². The van der Waals surface area contributed by atoms with Gasteiger partial charge in [-0.15, -0.1) is 0 Å². The predicted octanol–water partition coefficient (Wildman–Crippen LogP) is 1.98. The number of amides is 1. The van der Waals surface area contributed by atoms with Gasteiger partial charge in [0.15, 0.2) is 0 Å². The molecule has 0 spiro atoms. The van der Waals surface area contributed by atoms with Crippen molar-refractivity contribution in [2.24, 2.45) is 0 Å². The van der Waals surface area contributed by atoms with Gasteiger partial charge in [0.25, 0.3) is 0 Å². The Labute approximate surface area is 113 Å². The van der Waals surface area contributed by atoms with Gasteiger partial charge in [-0.2, -0.15) is 0 Å². The second-order valence-corrected chi connectivity index (χ2v) is 4.80. The average molecular weight is 271 g/mol. The van der Waals surface area contributed by atoms with Crippen LogP contribution in [0.1, 0.15) is 13.3 Å². The van der Waals surface area contributed by atoms with Crippen LogP contribution in [0, 0.1) is 0 Å². The minimum atomic E-state index is -0.387. The normalized spacial score (nSPS) is 12.5. The van der Waals surface area contributed by atoms with Crippen LogP contribution in [0.25, 0.3) is 0 Å². The highest BCUT2D eigenvalue weighted by Crippen LogP contribution is 2.20. The van der Waals surface area contributed by atoms with Gasteiger partial charge in [-0.3, -0.25) is 4.79 Å². The third kappa shape index (κ3) is 5.49. The Bertz CT molecular complexity index is 396. The first-order valence-corrected chi connectivity index (χ1v) is 6.28. The molecule has 0 fully saturated rings. The molecular weight excluding hydrogens is 252 g/mol. The lowest BCUT2D eigenvalue weighted by Crippen LogP contribution is -2.30. The Hall–Kier alpha value is -1.10. The molecule has 0 aliphatic heterocycles. The number of nitrogens with one attached hydrogen (secondary N) is 1. The van der Waals surface area contributed by atoms with Crippen molar-refractivity contribution in [3.63, 3.8) is 0 Å². The fourth-order valence-electron chi connectivity index (χ4n) is 1.61. The zero-order chi connectivity index (χ0) is 13.5. The number of aliphatic hydroxyl groups is 1. The van der Waals surface area contributed by atoms with E-state index in [1.165, 1.54) is 0 Å². The highest BCUT2D eigenvalue weighted by molar-refractivity contribution is 6.33. The molecule has 1 amide bonds. The summed E-state index contributed by atoms with van der Waals surface area (Å²) < 4.78 is 0. The SMILES string of the molecule is CC(O)CN(C)CCC(=O)Nc1ccccc1Cl. The second-order valence-electron chi connectivity index (χ2n) is 4.39. The lowest BCUT2D eigenvalue weighted by atomic mass is 10.3. The first kappa shape index (κ1) is 15.0. The van der Waals surface area contributed by atoms with Crippen LogP contribution in [0.5, 0.6) is 0 Å². The van der Waals surface area contributed by atoms with Gasteiger partial charge < -0.3 is 15.3 Å². The van der Waals surface area contributed by atoms with Crippen LogP contribution in [0.3, 0.4) is 0 Å². The van der Waals surface area contributed by atoms with Crippen molar-refractivity contribution in [3.8, 4) is 0 Å². The Balaban J connectivity index is 2.36. The van der Waals surface area contributed by atoms with Crippen molar-refractivity contribution in [2.75, 3.05) is 25.5 Å². The molecule has 1 atom stereocenters. The van der Waals surface area contributed by atoms with E-state index >= 15 is 0 Å². The maximum atomic E-state index is 11.7. The Kier molecular flexibility index (Phi) is 6.12. The van der Waals surface area contributed by atoms with E-state index < -0.39 is 0 Å². The number of nitrogens with zero attached hydrogens (tertiary/aromatic N) is 1. The van der Waals surface area contributed by atoms with Crippen LogP contribution in [-0.4, -0.2) is 42.2 Å². The summed E-state index contributed by atoms with van der Waals surface area (Å²) in [5.74, 6) is -0.0828. The molecule has 100 valence electrons. The fourth-order valence-corrected chi connectivity index (χ4v) is 1.79. The monoisotopic (exact) mass is 270 g/mol. The number of rotatable bonds is 6. The summed E-state index contributed by atoms with van der Waals surface area (Å²) in [6.07, 6.45) is -0.0179. The molecular formula is C13H19ClN2O2. The van der Waals surface area contributed by atoms with Crippen LogP contribution in [0.4, 0.5) is 5.69 Å². The largest absolute Gasteiger partial charge is 0.392 e. The number of hydrogen-bond acceptors (Lipinski definition) is 3. The molecule has 1 aromatic carbocycles. The molecule has 0 aromatic heterocycles. The second kappa shape index (κ2) is 7.36. The van der Waals surface area contributed by atoms with E-state index in [2.05, 4.69) is 5.32 Å². The van der Waals surface area contributed by atoms with Gasteiger partial charge in [0.1, 0.15) is 0 Å². The van der Waals surface area contributed by atoms with Crippen LogP contribution in [0.15, 0.2) is 24.3 Å². The molecule has 0 aliphatic carbocycles. The van der Waals surface area contributed by atoms with Gasteiger partial charge >= 0.3 is 0 Å². The van der Waals surface area contributed by atoms with E-state index in [1.807, 2.05) is 24.1 Å². The average Bonchev–Trinajstić information content (AvgIpc) is 2.29. The van der Waals surface area contributed by atoms with Crippen molar-refractivity contribution in [1.29, 1.82) is 0 Å². The smallest absolute Gasteiger partial charge is 0.225 e. The molecule has 5 heteroatoms. The lowest BCUT2D eigenvalue weighted by molar-refractivity contribution is -0.116. The molecule has 0 radical (unpaired) electrons. The van der Waals surface area contributed by atoms with Crippen molar-refractivity contribution in [2.45, 2.75) is 19.4 Å². The molecule has 0 saturated heterocycles. The molecule has 1 aromatic rings. The first-order valence-electron chi connectivity index (χ1n) is 5.90. The maximum Gasteiger partial charge on any atom is 0.225 e. The summed E-state index contributed by atoms with van der Waals surface area (Å²) in [5.41, 5.74) is 0.627. The van der Waals surface area contributed by atoms with Crippen LogP contribution >= 0.6 is 11.6 Å². The predicted molar refractivity (Wildman–Crippen MR) is 73.9 cm³/mol. The Morgan fingerprint density at radius 1 is 1.50 bits per heavy atom. The fraction of sp³-hybridized carbons (Fsp3) is 0.462. The van der Waals surface area contributed by atoms with E-state index in [0.29, 0.717) is 30.2 Å². The molecule has 4 nitrogen and oxygen atoms in total. The first-order chi connectivity index (χ1) is 8.49. The van der Waals surface area contributed by atoms with Crippen LogP contribution < -0.4 is 5.32 Å². The number of halogens is 1. The highest BCUT2D eigenvalue weighted by atomic mass is 35.5. The summed E-state index contributed by atoms with van der Waals surface area (Å²) in [4.78, 5) is 13.6. The third-order valence-corrected chi connectivity index (χ3v) is 2.77. The zero-order valence-electron chi connectivity index (χ0n) is 10.7. The maximum absolute atomic E-state index is 11.7. The molecule has 1 rings (SSSR count). The molecule has 0 saturated carbocycles. The Morgan fingerprint density at radius 2 is 2.17 bits per heavy atom. The Morgan fingerprint density at radius 3 is 2.78 bits per heavy atom. The van der Waals surface area contributed by atoms with Crippen molar-refractivity contribution < 1.29 is 9.90 Å². The van der Waals surface area contributed by atoms with Crippen LogP contribution in [-0.2, 0) is 4.79 Å². The van der Waals surface area contributed by atoms with Gasteiger partial charge in [-0.05, 0) is 26.1 Å². The quantitative estimate of drug-likeness (QED) is 0.831. The molecule has 0 heterocycles. The molecule has 18 heavy (non-hydrogen) atoms. The van der Waals surface area contributed by atoms with Gasteiger partial charge in [-0.25, -0.2) is 0 Å². The number of hydrogen-bond donors (Lipinski definition) is 2. The summed E-state index contributed by atoms with van der Waals surface area (Å²) in [6.45, 7) is 2.88. The number of para-hydroxylation sites is 1. The van der Waals surface area contributed by atoms with Gasteiger partial charge in [0.05, 0.1) is 16.8 Å². The van der Waals surface area contributed by atoms with Crippen molar-refractivity contribution >= 4 is 23.2 Å². The summed E-state index contributed by atoms with van der Waals surface area (Å²) in [6, 6.07) is 7.13. The highest BCUT2D eigenvalue weighted by Gasteiger charge is 2.08. The van der Waals surface area contributed by atoms with Crippen LogP contribution in [0.2, 0.25) is 5.02 Å². The van der Waals surface area contributed by atoms with Gasteiger partial charge in [0, 0.05) is 19.5 Å². The van der Waals surface area contributed by atoms with E-state index in [0.717, 1.165) is 0 Å². The molecule has 1 unspecified atom stereocenters. The number of benzene rings is 1. The minimum absolute atomic E-state index is 0.0828. The summed E-state index contributed by atoms with van der Waals surface area (Å²) in [7, 11) is 1.87.